The molecule has 1 N–H and O–H groups in total. The van der Waals surface area contributed by atoms with Crippen LogP contribution in [0.15, 0.2) is 53.4 Å². The second-order valence-electron chi connectivity index (χ2n) is 6.76. The Labute approximate surface area is 175 Å². The van der Waals surface area contributed by atoms with Crippen molar-refractivity contribution in [3.63, 3.8) is 0 Å². The number of sulfonamides is 1. The number of rotatable bonds is 6. The van der Waals surface area contributed by atoms with Crippen LogP contribution in [0.5, 0.6) is 0 Å². The van der Waals surface area contributed by atoms with Gasteiger partial charge in [-0.05, 0) is 54.7 Å². The lowest BCUT2D eigenvalue weighted by atomic mass is 10.1. The largest absolute Gasteiger partial charge is 0.355 e. The number of benzene rings is 2. The summed E-state index contributed by atoms with van der Waals surface area (Å²) in [4.78, 5) is 12.7. The number of amides is 1. The predicted molar refractivity (Wildman–Crippen MR) is 111 cm³/mol. The van der Waals surface area contributed by atoms with Crippen molar-refractivity contribution in [2.24, 2.45) is 0 Å². The van der Waals surface area contributed by atoms with E-state index in [2.05, 4.69) is 5.32 Å². The molecule has 0 aromatic heterocycles. The summed E-state index contributed by atoms with van der Waals surface area (Å²) in [6, 6.07) is 12.7. The van der Waals surface area contributed by atoms with Gasteiger partial charge in [0.25, 0.3) is 0 Å². The second kappa shape index (κ2) is 9.27. The third kappa shape index (κ3) is 4.87. The van der Waals surface area contributed by atoms with E-state index in [0.29, 0.717) is 23.9 Å². The van der Waals surface area contributed by atoms with Gasteiger partial charge in [-0.2, -0.15) is 4.31 Å². The van der Waals surface area contributed by atoms with Crippen LogP contribution in [0.2, 0.25) is 5.02 Å². The van der Waals surface area contributed by atoms with E-state index in [9.17, 15) is 13.2 Å². The highest BCUT2D eigenvalue weighted by atomic mass is 35.5. The van der Waals surface area contributed by atoms with Crippen LogP contribution in [0.3, 0.4) is 0 Å². The van der Waals surface area contributed by atoms with Crippen LogP contribution in [0.4, 0.5) is 0 Å². The molecule has 1 heterocycles. The van der Waals surface area contributed by atoms with Gasteiger partial charge in [0.2, 0.25) is 15.9 Å². The molecule has 1 saturated heterocycles. The number of hydrogen-bond donors (Lipinski definition) is 1. The number of nitrogens with one attached hydrogen (secondary N) is 1. The molecular weight excluding hydrogens is 419 g/mol. The molecule has 1 unspecified atom stereocenters. The number of nitrogens with zero attached hydrogens (tertiary/aromatic N) is 1. The van der Waals surface area contributed by atoms with Gasteiger partial charge in [0, 0.05) is 24.0 Å². The standard InChI is InChI=1S/C20H22Cl2N2O3S/c21-13-15-4-6-16(7-5-15)14-24(19-3-1-2-12-23-20(19)25)28(26,27)18-10-8-17(22)9-11-18/h4-11,19H,1-3,12-14H2,(H,23,25). The van der Waals surface area contributed by atoms with Crippen molar-refractivity contribution in [1.29, 1.82) is 0 Å². The topological polar surface area (TPSA) is 66.5 Å². The van der Waals surface area contributed by atoms with Crippen LogP contribution in [-0.4, -0.2) is 31.2 Å². The molecular formula is C20H22Cl2N2O3S. The number of carbonyl (C=O) groups is 1. The zero-order valence-electron chi connectivity index (χ0n) is 15.3. The SMILES string of the molecule is O=C1NCCCCC1N(Cc1ccc(CCl)cc1)S(=O)(=O)c1ccc(Cl)cc1. The first kappa shape index (κ1) is 21.1. The Morgan fingerprint density at radius 3 is 2.29 bits per heavy atom. The molecule has 28 heavy (non-hydrogen) atoms. The molecule has 0 aliphatic carbocycles. The van der Waals surface area contributed by atoms with Gasteiger partial charge in [-0.25, -0.2) is 8.42 Å². The minimum Gasteiger partial charge on any atom is -0.355 e. The van der Waals surface area contributed by atoms with Crippen molar-refractivity contribution in [2.45, 2.75) is 42.6 Å². The Bertz CT molecular complexity index is 915. The average molecular weight is 441 g/mol. The molecule has 1 atom stereocenters. The van der Waals surface area contributed by atoms with Crippen LogP contribution in [-0.2, 0) is 27.2 Å². The van der Waals surface area contributed by atoms with Gasteiger partial charge < -0.3 is 5.32 Å². The van der Waals surface area contributed by atoms with E-state index in [1.54, 1.807) is 0 Å². The van der Waals surface area contributed by atoms with Crippen LogP contribution in [0.1, 0.15) is 30.4 Å². The third-order valence-corrected chi connectivity index (χ3v) is 7.22. The summed E-state index contributed by atoms with van der Waals surface area (Å²) in [6.45, 7) is 0.667. The van der Waals surface area contributed by atoms with Crippen LogP contribution in [0, 0.1) is 0 Å². The maximum Gasteiger partial charge on any atom is 0.244 e. The third-order valence-electron chi connectivity index (χ3n) is 4.79. The van der Waals surface area contributed by atoms with Crippen molar-refractivity contribution in [1.82, 2.24) is 9.62 Å². The summed E-state index contributed by atoms with van der Waals surface area (Å²) in [6.07, 6.45) is 2.10. The van der Waals surface area contributed by atoms with Crippen molar-refractivity contribution >= 4 is 39.1 Å². The summed E-state index contributed by atoms with van der Waals surface area (Å²) in [5.41, 5.74) is 1.74. The Kier molecular flexibility index (Phi) is 6.99. The zero-order chi connectivity index (χ0) is 20.1. The second-order valence-corrected chi connectivity index (χ2v) is 9.35. The Morgan fingerprint density at radius 2 is 1.64 bits per heavy atom. The van der Waals surface area contributed by atoms with Crippen molar-refractivity contribution < 1.29 is 13.2 Å². The summed E-state index contributed by atoms with van der Waals surface area (Å²) in [5.74, 6) is 0.130. The monoisotopic (exact) mass is 440 g/mol. The van der Waals surface area contributed by atoms with Gasteiger partial charge in [-0.1, -0.05) is 35.9 Å². The maximum absolute atomic E-state index is 13.4. The summed E-state index contributed by atoms with van der Waals surface area (Å²) >= 11 is 11.7. The molecule has 0 radical (unpaired) electrons. The summed E-state index contributed by atoms with van der Waals surface area (Å²) in [5, 5.41) is 3.28. The van der Waals surface area contributed by atoms with E-state index in [1.807, 2.05) is 24.3 Å². The predicted octanol–water partition coefficient (Wildman–Crippen LogP) is 3.94. The van der Waals surface area contributed by atoms with Gasteiger partial charge in [-0.3, -0.25) is 4.79 Å². The van der Waals surface area contributed by atoms with E-state index in [1.165, 1.54) is 28.6 Å². The van der Waals surface area contributed by atoms with Crippen molar-refractivity contribution in [3.05, 3.63) is 64.7 Å². The molecule has 150 valence electrons. The van der Waals surface area contributed by atoms with Crippen LogP contribution >= 0.6 is 23.2 Å². The maximum atomic E-state index is 13.4. The first-order valence-electron chi connectivity index (χ1n) is 9.11. The normalized spacial score (nSPS) is 18.0. The minimum absolute atomic E-state index is 0.103. The number of halogens is 2. The average Bonchev–Trinajstić information content (AvgIpc) is 2.91. The van der Waals surface area contributed by atoms with Gasteiger partial charge in [0.1, 0.15) is 6.04 Å². The van der Waals surface area contributed by atoms with Crippen LogP contribution < -0.4 is 5.32 Å². The zero-order valence-corrected chi connectivity index (χ0v) is 17.6. The van der Waals surface area contributed by atoms with Gasteiger partial charge >= 0.3 is 0 Å². The highest BCUT2D eigenvalue weighted by Gasteiger charge is 2.36. The fraction of sp³-hybridized carbons (Fsp3) is 0.350. The molecule has 0 saturated carbocycles. The molecule has 1 amide bonds. The van der Waals surface area contributed by atoms with Crippen LogP contribution in [0.25, 0.3) is 0 Å². The molecule has 5 nitrogen and oxygen atoms in total. The molecule has 1 aliphatic heterocycles. The fourth-order valence-electron chi connectivity index (χ4n) is 3.22. The molecule has 2 aromatic carbocycles. The fourth-order valence-corrected chi connectivity index (χ4v) is 5.13. The molecule has 3 rings (SSSR count). The van der Waals surface area contributed by atoms with E-state index >= 15 is 0 Å². The summed E-state index contributed by atoms with van der Waals surface area (Å²) < 4.78 is 28.1. The molecule has 1 fully saturated rings. The molecule has 0 bridgehead atoms. The Morgan fingerprint density at radius 1 is 1.00 bits per heavy atom. The van der Waals surface area contributed by atoms with E-state index in [0.717, 1.165) is 24.0 Å². The first-order chi connectivity index (χ1) is 13.4. The number of carbonyl (C=O) groups excluding carboxylic acids is 1. The number of hydrogen-bond acceptors (Lipinski definition) is 3. The van der Waals surface area contributed by atoms with Gasteiger partial charge in [0.15, 0.2) is 0 Å². The van der Waals surface area contributed by atoms with Gasteiger partial charge in [-0.15, -0.1) is 11.6 Å². The molecule has 0 spiro atoms. The lowest BCUT2D eigenvalue weighted by molar-refractivity contribution is -0.124. The Hall–Kier alpha value is -1.60. The van der Waals surface area contributed by atoms with Crippen molar-refractivity contribution in [3.8, 4) is 0 Å². The smallest absolute Gasteiger partial charge is 0.244 e. The van der Waals surface area contributed by atoms with E-state index in [-0.39, 0.29) is 17.3 Å². The number of alkyl halides is 1. The Balaban J connectivity index is 1.99. The molecule has 2 aromatic rings. The van der Waals surface area contributed by atoms with Gasteiger partial charge in [0.05, 0.1) is 4.90 Å². The quantitative estimate of drug-likeness (QED) is 0.691. The molecule has 8 heteroatoms. The van der Waals surface area contributed by atoms with E-state index in [4.69, 9.17) is 23.2 Å². The first-order valence-corrected chi connectivity index (χ1v) is 11.5. The lowest BCUT2D eigenvalue weighted by Gasteiger charge is -2.29. The van der Waals surface area contributed by atoms with Crippen molar-refractivity contribution in [2.75, 3.05) is 6.54 Å². The van der Waals surface area contributed by atoms with E-state index < -0.39 is 16.1 Å². The lowest BCUT2D eigenvalue weighted by Crippen LogP contribution is -2.48. The highest BCUT2D eigenvalue weighted by Crippen LogP contribution is 2.26. The highest BCUT2D eigenvalue weighted by molar-refractivity contribution is 7.89. The summed E-state index contributed by atoms with van der Waals surface area (Å²) in [7, 11) is -3.89. The minimum atomic E-state index is -3.89. The molecule has 1 aliphatic rings.